The number of piperidine rings is 1. The summed E-state index contributed by atoms with van der Waals surface area (Å²) >= 11 is 1.39. The Morgan fingerprint density at radius 3 is 2.42 bits per heavy atom. The quantitative estimate of drug-likeness (QED) is 0.543. The van der Waals surface area contributed by atoms with Crippen molar-refractivity contribution in [3.8, 4) is 5.75 Å². The molecular weight excluding hydrogens is 439 g/mol. The van der Waals surface area contributed by atoms with Gasteiger partial charge in [0.25, 0.3) is 11.8 Å². The van der Waals surface area contributed by atoms with Crippen LogP contribution in [0.5, 0.6) is 5.75 Å². The van der Waals surface area contributed by atoms with Gasteiger partial charge >= 0.3 is 0 Å². The van der Waals surface area contributed by atoms with Gasteiger partial charge in [0.15, 0.2) is 0 Å². The maximum atomic E-state index is 14.8. The first-order valence-electron chi connectivity index (χ1n) is 11.8. The van der Waals surface area contributed by atoms with E-state index in [2.05, 4.69) is 4.72 Å². The number of hydrogen-bond acceptors (Lipinski definition) is 4. The predicted molar refractivity (Wildman–Crippen MR) is 127 cm³/mol. The summed E-state index contributed by atoms with van der Waals surface area (Å²) in [4.78, 5) is 27.0. The molecule has 0 aromatic heterocycles. The molecule has 1 N–H and O–H groups in total. The van der Waals surface area contributed by atoms with E-state index in [4.69, 9.17) is 4.74 Å². The maximum Gasteiger partial charge on any atom is 0.264 e. The van der Waals surface area contributed by atoms with Gasteiger partial charge in [-0.15, -0.1) is 0 Å². The molecule has 0 radical (unpaired) electrons. The largest absolute Gasteiger partial charge is 0.493 e. The van der Waals surface area contributed by atoms with Gasteiger partial charge in [-0.1, -0.05) is 18.2 Å². The Hall–Kier alpha value is -2.54. The lowest BCUT2D eigenvalue weighted by Crippen LogP contribution is -2.39. The summed E-state index contributed by atoms with van der Waals surface area (Å²) in [6.07, 6.45) is 6.01. The SMILES string of the molecule is O=C(NSC1CC1)c1cc(C2CC2)c(OCC2CCN(C(=O)c3ccccc3)CC2)cc1F. The summed E-state index contributed by atoms with van der Waals surface area (Å²) in [5.74, 6) is 0.386. The number of carbonyl (C=O) groups is 2. The van der Waals surface area contributed by atoms with Crippen LogP contribution in [0, 0.1) is 11.7 Å². The van der Waals surface area contributed by atoms with Gasteiger partial charge in [-0.25, -0.2) is 4.39 Å². The molecule has 2 saturated carbocycles. The highest BCUT2D eigenvalue weighted by molar-refractivity contribution is 7.98. The predicted octanol–water partition coefficient (Wildman–Crippen LogP) is 5.17. The molecule has 1 aliphatic heterocycles. The first-order valence-corrected chi connectivity index (χ1v) is 12.7. The molecule has 5 nitrogen and oxygen atoms in total. The molecule has 2 aliphatic carbocycles. The van der Waals surface area contributed by atoms with Crippen molar-refractivity contribution in [3.63, 3.8) is 0 Å². The molecule has 1 heterocycles. The molecule has 1 saturated heterocycles. The monoisotopic (exact) mass is 468 g/mol. The van der Waals surface area contributed by atoms with Crippen molar-refractivity contribution in [2.45, 2.75) is 49.7 Å². The summed E-state index contributed by atoms with van der Waals surface area (Å²) < 4.78 is 23.7. The molecule has 0 atom stereocenters. The molecule has 0 spiro atoms. The van der Waals surface area contributed by atoms with Crippen LogP contribution < -0.4 is 9.46 Å². The van der Waals surface area contributed by atoms with Crippen molar-refractivity contribution in [1.82, 2.24) is 9.62 Å². The van der Waals surface area contributed by atoms with E-state index in [9.17, 15) is 14.0 Å². The zero-order chi connectivity index (χ0) is 22.8. The molecule has 2 amide bonds. The van der Waals surface area contributed by atoms with Gasteiger partial charge in [0.2, 0.25) is 0 Å². The Bertz CT molecular complexity index is 1020. The third-order valence-corrected chi connectivity index (χ3v) is 7.71. The zero-order valence-electron chi connectivity index (χ0n) is 18.6. The van der Waals surface area contributed by atoms with Gasteiger partial charge in [-0.3, -0.25) is 14.3 Å². The number of halogens is 1. The van der Waals surface area contributed by atoms with Gasteiger partial charge in [0, 0.05) is 30.0 Å². The van der Waals surface area contributed by atoms with E-state index in [0.717, 1.165) is 49.7 Å². The first kappa shape index (κ1) is 22.3. The fraction of sp³-hybridized carbons (Fsp3) is 0.462. The summed E-state index contributed by atoms with van der Waals surface area (Å²) in [5.41, 5.74) is 1.76. The number of carbonyl (C=O) groups excluding carboxylic acids is 2. The van der Waals surface area contributed by atoms with Crippen LogP contribution in [0.2, 0.25) is 0 Å². The third kappa shape index (κ3) is 5.52. The van der Waals surface area contributed by atoms with Crippen LogP contribution in [0.3, 0.4) is 0 Å². The lowest BCUT2D eigenvalue weighted by atomic mass is 9.97. The van der Waals surface area contributed by atoms with Crippen LogP contribution in [-0.2, 0) is 0 Å². The molecule has 5 rings (SSSR count). The van der Waals surface area contributed by atoms with Gasteiger partial charge in [-0.05, 0) is 86.1 Å². The highest BCUT2D eigenvalue weighted by Gasteiger charge is 2.31. The Kier molecular flexibility index (Phi) is 6.58. The second kappa shape index (κ2) is 9.75. The summed E-state index contributed by atoms with van der Waals surface area (Å²) in [5, 5.41) is 0.469. The molecule has 2 aromatic carbocycles. The smallest absolute Gasteiger partial charge is 0.264 e. The van der Waals surface area contributed by atoms with E-state index in [0.29, 0.717) is 42.5 Å². The van der Waals surface area contributed by atoms with Crippen LogP contribution >= 0.6 is 11.9 Å². The van der Waals surface area contributed by atoms with Gasteiger partial charge in [0.1, 0.15) is 11.6 Å². The van der Waals surface area contributed by atoms with Crippen molar-refractivity contribution < 1.29 is 18.7 Å². The van der Waals surface area contributed by atoms with Crippen molar-refractivity contribution in [3.05, 3.63) is 65.0 Å². The van der Waals surface area contributed by atoms with E-state index in [1.807, 2.05) is 35.2 Å². The zero-order valence-corrected chi connectivity index (χ0v) is 19.4. The van der Waals surface area contributed by atoms with Crippen LogP contribution in [-0.4, -0.2) is 41.7 Å². The van der Waals surface area contributed by atoms with Crippen molar-refractivity contribution in [1.29, 1.82) is 0 Å². The summed E-state index contributed by atoms with van der Waals surface area (Å²) in [6.45, 7) is 1.89. The number of ether oxygens (including phenoxy) is 1. The topological polar surface area (TPSA) is 58.6 Å². The first-order chi connectivity index (χ1) is 16.1. The Morgan fingerprint density at radius 2 is 1.76 bits per heavy atom. The average molecular weight is 469 g/mol. The van der Waals surface area contributed by atoms with Crippen molar-refractivity contribution in [2.24, 2.45) is 5.92 Å². The molecule has 33 heavy (non-hydrogen) atoms. The minimum atomic E-state index is -0.536. The fourth-order valence-corrected chi connectivity index (χ4v) is 4.99. The molecule has 0 bridgehead atoms. The lowest BCUT2D eigenvalue weighted by Gasteiger charge is -2.32. The minimum Gasteiger partial charge on any atom is -0.493 e. The van der Waals surface area contributed by atoms with Gasteiger partial charge in [0.05, 0.1) is 12.2 Å². The molecule has 2 aromatic rings. The Balaban J connectivity index is 1.18. The Morgan fingerprint density at radius 1 is 1.03 bits per heavy atom. The molecule has 0 unspecified atom stereocenters. The second-order valence-electron chi connectivity index (χ2n) is 9.31. The van der Waals surface area contributed by atoms with Gasteiger partial charge in [-0.2, -0.15) is 0 Å². The lowest BCUT2D eigenvalue weighted by molar-refractivity contribution is 0.0660. The standard InChI is InChI=1S/C26H29FN2O3S/c27-23-15-24(21(18-6-7-18)14-22(23)25(30)28-33-20-8-9-20)32-16-17-10-12-29(13-11-17)26(31)19-4-2-1-3-5-19/h1-5,14-15,17-18,20H,6-13,16H2,(H,28,30). The highest BCUT2D eigenvalue weighted by Crippen LogP contribution is 2.45. The maximum absolute atomic E-state index is 14.8. The summed E-state index contributed by atoms with van der Waals surface area (Å²) in [7, 11) is 0. The van der Waals surface area contributed by atoms with Crippen LogP contribution in [0.25, 0.3) is 0 Å². The van der Waals surface area contributed by atoms with Crippen LogP contribution in [0.1, 0.15) is 70.7 Å². The van der Waals surface area contributed by atoms with E-state index < -0.39 is 5.82 Å². The molecular formula is C26H29FN2O3S. The number of amides is 2. The van der Waals surface area contributed by atoms with E-state index >= 15 is 0 Å². The van der Waals surface area contributed by atoms with Crippen molar-refractivity contribution in [2.75, 3.05) is 19.7 Å². The molecule has 3 fully saturated rings. The highest BCUT2D eigenvalue weighted by atomic mass is 32.2. The van der Waals surface area contributed by atoms with Crippen LogP contribution in [0.4, 0.5) is 4.39 Å². The van der Waals surface area contributed by atoms with E-state index in [1.165, 1.54) is 18.0 Å². The number of benzene rings is 2. The number of likely N-dealkylation sites (tertiary alicyclic amines) is 1. The third-order valence-electron chi connectivity index (χ3n) is 6.60. The number of nitrogens with one attached hydrogen (secondary N) is 1. The second-order valence-corrected chi connectivity index (χ2v) is 10.4. The normalized spacial score (nSPS) is 18.8. The molecule has 174 valence electrons. The van der Waals surface area contributed by atoms with E-state index in [-0.39, 0.29) is 17.4 Å². The number of nitrogens with zero attached hydrogens (tertiary/aromatic N) is 1. The van der Waals surface area contributed by atoms with Gasteiger partial charge < -0.3 is 9.64 Å². The van der Waals surface area contributed by atoms with Crippen LogP contribution in [0.15, 0.2) is 42.5 Å². The Labute approximate surface area is 198 Å². The number of rotatable bonds is 8. The molecule has 3 aliphatic rings. The number of hydrogen-bond donors (Lipinski definition) is 1. The molecule has 7 heteroatoms. The average Bonchev–Trinajstić information content (AvgIpc) is 3.76. The van der Waals surface area contributed by atoms with E-state index in [1.54, 1.807) is 6.07 Å². The minimum absolute atomic E-state index is 0.0711. The fourth-order valence-electron chi connectivity index (χ4n) is 4.24. The van der Waals surface area contributed by atoms with Crippen molar-refractivity contribution >= 4 is 23.8 Å². The summed E-state index contributed by atoms with van der Waals surface area (Å²) in [6, 6.07) is 12.4.